The van der Waals surface area contributed by atoms with E-state index in [1.165, 1.54) is 0 Å². The van der Waals surface area contributed by atoms with Crippen LogP contribution in [-0.4, -0.2) is 37.3 Å². The number of nitrogens with two attached hydrogens (primary N) is 1. The minimum atomic E-state index is -0.398. The Hall–Kier alpha value is -2.09. The Morgan fingerprint density at radius 3 is 1.81 bits per heavy atom. The Bertz CT molecular complexity index is 948. The molecule has 164 valence electrons. The summed E-state index contributed by atoms with van der Waals surface area (Å²) in [5, 5.41) is 8.74. The first-order chi connectivity index (χ1) is 14.9. The molecule has 0 fully saturated rings. The van der Waals surface area contributed by atoms with Gasteiger partial charge in [-0.3, -0.25) is 9.59 Å². The van der Waals surface area contributed by atoms with Gasteiger partial charge in [0.25, 0.3) is 11.1 Å². The van der Waals surface area contributed by atoms with Crippen LogP contribution < -0.4 is 11.1 Å². The minimum Gasteiger partial charge on any atom is -0.352 e. The van der Waals surface area contributed by atoms with E-state index in [-0.39, 0.29) is 12.5 Å². The van der Waals surface area contributed by atoms with Crippen molar-refractivity contribution in [1.29, 1.82) is 0 Å². The summed E-state index contributed by atoms with van der Waals surface area (Å²) in [4.78, 5) is 27.3. The van der Waals surface area contributed by atoms with Crippen molar-refractivity contribution in [3.05, 3.63) is 87.7 Å². The third-order valence-electron chi connectivity index (χ3n) is 3.06. The fraction of sp³-hybridized carbons (Fsp3) is 0.222. The quantitative estimate of drug-likeness (QED) is 0.103. The van der Waals surface area contributed by atoms with E-state index in [1.807, 2.05) is 30.3 Å². The van der Waals surface area contributed by atoms with Gasteiger partial charge in [-0.15, -0.1) is 0 Å². The number of benzene rings is 2. The third kappa shape index (κ3) is 13.8. The van der Waals surface area contributed by atoms with Gasteiger partial charge in [-0.25, -0.2) is 0 Å². The van der Waals surface area contributed by atoms with Crippen LogP contribution >= 0.6 is 56.8 Å². The number of amides is 1. The van der Waals surface area contributed by atoms with E-state index in [4.69, 9.17) is 28.4 Å². The topological polar surface area (TPSA) is 170 Å². The van der Waals surface area contributed by atoms with Crippen molar-refractivity contribution in [3.8, 4) is 0 Å². The van der Waals surface area contributed by atoms with E-state index in [2.05, 4.69) is 70.6 Å². The minimum absolute atomic E-state index is 0.145. The van der Waals surface area contributed by atoms with E-state index >= 15 is 0 Å². The molecule has 2 rings (SSSR count). The molecule has 2 aromatic rings. The molecule has 10 nitrogen and oxygen atoms in total. The molecule has 31 heavy (non-hydrogen) atoms. The molecule has 0 bridgehead atoms. The fourth-order valence-corrected chi connectivity index (χ4v) is 3.32. The van der Waals surface area contributed by atoms with Gasteiger partial charge in [-0.05, 0) is 98.7 Å². The van der Waals surface area contributed by atoms with E-state index in [0.717, 1.165) is 7.14 Å². The molecule has 0 heterocycles. The smallest absolute Gasteiger partial charge is 0.253 e. The van der Waals surface area contributed by atoms with Crippen LogP contribution in [0.4, 0.5) is 0 Å². The number of halogens is 3. The predicted molar refractivity (Wildman–Crippen MR) is 138 cm³/mol. The van der Waals surface area contributed by atoms with Crippen molar-refractivity contribution in [1.82, 2.24) is 5.32 Å². The van der Waals surface area contributed by atoms with Crippen molar-refractivity contribution < 1.29 is 9.59 Å². The second-order valence-corrected chi connectivity index (χ2v) is 7.85. The number of hydrogen-bond acceptors (Lipinski definition) is 5. The molecule has 0 aliphatic heterocycles. The summed E-state index contributed by atoms with van der Waals surface area (Å²) >= 11 is 9.44. The molecule has 0 aromatic heterocycles. The molecule has 0 radical (unpaired) electrons. The van der Waals surface area contributed by atoms with Gasteiger partial charge < -0.3 is 11.1 Å². The number of hydrogen-bond donors (Lipinski definition) is 2. The lowest BCUT2D eigenvalue weighted by Gasteiger charge is -2.04. The zero-order valence-corrected chi connectivity index (χ0v) is 21.2. The second kappa shape index (κ2) is 18.7. The molecule has 0 aliphatic carbocycles. The van der Waals surface area contributed by atoms with Crippen LogP contribution in [0.1, 0.15) is 20.7 Å². The summed E-state index contributed by atoms with van der Waals surface area (Å²) in [6, 6.07) is 14.5. The van der Waals surface area contributed by atoms with Gasteiger partial charge in [0.1, 0.15) is 0 Å². The van der Waals surface area contributed by atoms with Crippen LogP contribution in [0.3, 0.4) is 0 Å². The molecule has 1 amide bonds. The Morgan fingerprint density at radius 2 is 1.42 bits per heavy atom. The fourth-order valence-electron chi connectivity index (χ4n) is 1.73. The number of carbonyl (C=O) groups is 2. The van der Waals surface area contributed by atoms with Crippen molar-refractivity contribution in [3.63, 3.8) is 0 Å². The second-order valence-electron chi connectivity index (χ2n) is 5.19. The maximum atomic E-state index is 11.6. The highest BCUT2D eigenvalue weighted by molar-refractivity contribution is 14.1. The van der Waals surface area contributed by atoms with E-state index < -0.39 is 5.24 Å². The average molecular weight is 669 g/mol. The summed E-state index contributed by atoms with van der Waals surface area (Å²) in [7, 11) is 0. The molecule has 0 aliphatic rings. The first-order valence-corrected chi connectivity index (χ1v) is 11.1. The first-order valence-electron chi connectivity index (χ1n) is 8.57. The highest BCUT2D eigenvalue weighted by atomic mass is 127. The van der Waals surface area contributed by atoms with Crippen LogP contribution in [0.25, 0.3) is 20.9 Å². The maximum Gasteiger partial charge on any atom is 0.253 e. The largest absolute Gasteiger partial charge is 0.352 e. The van der Waals surface area contributed by atoms with Crippen LogP contribution in [0.15, 0.2) is 58.8 Å². The first kappa shape index (κ1) is 28.9. The van der Waals surface area contributed by atoms with E-state index in [0.29, 0.717) is 30.8 Å². The Kier molecular flexibility index (Phi) is 17.4. The molecular formula is C18H19ClI2N8O2. The average Bonchev–Trinajstić information content (AvgIpc) is 2.76. The maximum absolute atomic E-state index is 11.6. The van der Waals surface area contributed by atoms with Crippen LogP contribution in [0, 0.1) is 7.14 Å². The highest BCUT2D eigenvalue weighted by Crippen LogP contribution is 2.13. The number of nitrogens with zero attached hydrogens (tertiary/aromatic N) is 6. The molecule has 3 N–H and O–H groups in total. The van der Waals surface area contributed by atoms with Crippen molar-refractivity contribution >= 4 is 67.9 Å². The molecule has 0 spiro atoms. The zero-order chi connectivity index (χ0) is 23.5. The van der Waals surface area contributed by atoms with Gasteiger partial charge in [-0.1, -0.05) is 34.5 Å². The molecule has 0 unspecified atom stereocenters. The summed E-state index contributed by atoms with van der Waals surface area (Å²) in [6.07, 6.45) is 0. The highest BCUT2D eigenvalue weighted by Gasteiger charge is 2.07. The molecule has 2 aromatic carbocycles. The number of rotatable bonds is 7. The molecular weight excluding hydrogens is 650 g/mol. The summed E-state index contributed by atoms with van der Waals surface area (Å²) in [5.74, 6) is -0.145. The Morgan fingerprint density at radius 1 is 0.935 bits per heavy atom. The lowest BCUT2D eigenvalue weighted by atomic mass is 10.2. The summed E-state index contributed by atoms with van der Waals surface area (Å²) in [5.41, 5.74) is 21.8. The molecule has 0 saturated carbocycles. The lowest BCUT2D eigenvalue weighted by Crippen LogP contribution is -2.26. The van der Waals surface area contributed by atoms with Crippen LogP contribution in [0.5, 0.6) is 0 Å². The summed E-state index contributed by atoms with van der Waals surface area (Å²) < 4.78 is 1.79. The van der Waals surface area contributed by atoms with Gasteiger partial charge in [0.05, 0.1) is 5.56 Å². The summed E-state index contributed by atoms with van der Waals surface area (Å²) in [6.45, 7) is 1.46. The number of azide groups is 2. The molecule has 0 saturated heterocycles. The van der Waals surface area contributed by atoms with Crippen LogP contribution in [-0.2, 0) is 0 Å². The van der Waals surface area contributed by atoms with Gasteiger partial charge in [0.15, 0.2) is 0 Å². The van der Waals surface area contributed by atoms with Gasteiger partial charge in [-0.2, -0.15) is 0 Å². The third-order valence-corrected chi connectivity index (χ3v) is 5.14. The van der Waals surface area contributed by atoms with Crippen molar-refractivity contribution in [2.24, 2.45) is 16.0 Å². The van der Waals surface area contributed by atoms with Crippen molar-refractivity contribution in [2.45, 2.75) is 0 Å². The van der Waals surface area contributed by atoms with Crippen LogP contribution in [0.2, 0.25) is 0 Å². The number of nitrogens with one attached hydrogen (secondary N) is 1. The Balaban J connectivity index is 0.000000484. The molecule has 0 atom stereocenters. The standard InChI is InChI=1S/C9H9IN4O.C7H4ClIO.C2H6N4/c10-8-4-2-1-3-7(8)9(15)12-5-6-13-14-11;8-7(10)5-3-1-2-4-6(5)9;3-1-2-5-6-4/h1-4H,5-6H2,(H,12,15);1-4H;1-3H2. The SMILES string of the molecule is O=C(Cl)c1ccccc1I.[N-]=[N+]=NCCN.[N-]=[N+]=NCCNC(=O)c1ccccc1I. The Labute approximate surface area is 211 Å². The molecule has 13 heteroatoms. The lowest BCUT2D eigenvalue weighted by molar-refractivity contribution is 0.0953. The van der Waals surface area contributed by atoms with Crippen molar-refractivity contribution in [2.75, 3.05) is 26.2 Å². The zero-order valence-electron chi connectivity index (χ0n) is 16.2. The van der Waals surface area contributed by atoms with Gasteiger partial charge >= 0.3 is 0 Å². The van der Waals surface area contributed by atoms with Gasteiger partial charge in [0, 0.05) is 42.2 Å². The normalized spacial score (nSPS) is 8.77. The van der Waals surface area contributed by atoms with Gasteiger partial charge in [0.2, 0.25) is 0 Å². The van der Waals surface area contributed by atoms with E-state index in [1.54, 1.807) is 18.2 Å². The van der Waals surface area contributed by atoms with E-state index in [9.17, 15) is 9.59 Å². The number of carbonyl (C=O) groups excluding carboxylic acids is 2. The monoisotopic (exact) mass is 668 g/mol. The predicted octanol–water partition coefficient (Wildman–Crippen LogP) is 5.26.